The first-order valence-electron chi connectivity index (χ1n) is 9.73. The third-order valence-corrected chi connectivity index (χ3v) is 5.06. The summed E-state index contributed by atoms with van der Waals surface area (Å²) in [6.45, 7) is 5.12. The van der Waals surface area contributed by atoms with Crippen molar-refractivity contribution in [2.45, 2.75) is 32.9 Å². The molecular weight excluding hydrogens is 477 g/mol. The number of anilines is 1. The fourth-order valence-electron chi connectivity index (χ4n) is 3.52. The van der Waals surface area contributed by atoms with Crippen LogP contribution in [0.1, 0.15) is 29.5 Å². The summed E-state index contributed by atoms with van der Waals surface area (Å²) in [7, 11) is 0. The van der Waals surface area contributed by atoms with Crippen molar-refractivity contribution < 1.29 is 4.79 Å². The van der Waals surface area contributed by atoms with Gasteiger partial charge in [-0.2, -0.15) is 0 Å². The summed E-state index contributed by atoms with van der Waals surface area (Å²) >= 11 is 0. The van der Waals surface area contributed by atoms with Crippen molar-refractivity contribution >= 4 is 41.5 Å². The maximum atomic E-state index is 11.5. The Hall–Kier alpha value is -2.13. The lowest BCUT2D eigenvalue weighted by Crippen LogP contribution is -2.40. The molecule has 6 nitrogen and oxygen atoms in total. The van der Waals surface area contributed by atoms with E-state index >= 15 is 0 Å². The first-order chi connectivity index (χ1) is 13.5. The minimum atomic E-state index is -0.190. The number of hydrogen-bond acceptors (Lipinski definition) is 3. The van der Waals surface area contributed by atoms with E-state index < -0.39 is 0 Å². The Labute approximate surface area is 189 Å². The van der Waals surface area contributed by atoms with Crippen molar-refractivity contribution in [2.75, 3.05) is 18.4 Å². The molecule has 7 heteroatoms. The fraction of sp³-hybridized carbons (Fsp3) is 0.364. The SMILES string of the molecule is Cc1ccc(NC(N)=NCc2cccc(CN3CCCC(C(N)=O)C3)c2)cc1.I. The number of amides is 1. The van der Waals surface area contributed by atoms with Crippen LogP contribution in [-0.2, 0) is 17.9 Å². The van der Waals surface area contributed by atoms with Gasteiger partial charge in [0, 0.05) is 18.8 Å². The van der Waals surface area contributed by atoms with Gasteiger partial charge in [-0.05, 0) is 49.6 Å². The van der Waals surface area contributed by atoms with E-state index in [-0.39, 0.29) is 35.8 Å². The van der Waals surface area contributed by atoms with Crippen LogP contribution in [0.2, 0.25) is 0 Å². The predicted molar refractivity (Wildman–Crippen MR) is 129 cm³/mol. The number of halogens is 1. The molecule has 1 atom stereocenters. The number of piperidine rings is 1. The van der Waals surface area contributed by atoms with Gasteiger partial charge in [-0.1, -0.05) is 42.0 Å². The maximum Gasteiger partial charge on any atom is 0.221 e. The van der Waals surface area contributed by atoms with Crippen molar-refractivity contribution in [3.63, 3.8) is 0 Å². The first-order valence-corrected chi connectivity index (χ1v) is 9.73. The van der Waals surface area contributed by atoms with Crippen molar-refractivity contribution in [3.8, 4) is 0 Å². The molecule has 1 unspecified atom stereocenters. The van der Waals surface area contributed by atoms with Gasteiger partial charge in [0.1, 0.15) is 0 Å². The highest BCUT2D eigenvalue weighted by atomic mass is 127. The van der Waals surface area contributed by atoms with E-state index in [1.807, 2.05) is 37.3 Å². The summed E-state index contributed by atoms with van der Waals surface area (Å²) in [5.74, 6) is 0.174. The summed E-state index contributed by atoms with van der Waals surface area (Å²) in [5, 5.41) is 3.11. The lowest BCUT2D eigenvalue weighted by atomic mass is 9.97. The molecule has 0 aliphatic carbocycles. The molecule has 0 aromatic heterocycles. The monoisotopic (exact) mass is 507 g/mol. The van der Waals surface area contributed by atoms with Gasteiger partial charge in [0.05, 0.1) is 12.5 Å². The average Bonchev–Trinajstić information content (AvgIpc) is 2.69. The Balaban J connectivity index is 0.00000300. The number of nitrogens with zero attached hydrogens (tertiary/aromatic N) is 2. The molecule has 29 heavy (non-hydrogen) atoms. The molecule has 0 spiro atoms. The number of benzene rings is 2. The van der Waals surface area contributed by atoms with Crippen LogP contribution < -0.4 is 16.8 Å². The Morgan fingerprint density at radius 2 is 1.90 bits per heavy atom. The minimum Gasteiger partial charge on any atom is -0.370 e. The number of guanidine groups is 1. The zero-order valence-corrected chi connectivity index (χ0v) is 19.1. The largest absolute Gasteiger partial charge is 0.370 e. The number of nitrogens with one attached hydrogen (secondary N) is 1. The molecule has 0 radical (unpaired) electrons. The van der Waals surface area contributed by atoms with Crippen molar-refractivity contribution in [3.05, 3.63) is 65.2 Å². The second kappa shape index (κ2) is 11.2. The minimum absolute atomic E-state index is 0. The molecular formula is C22H30IN5O. The smallest absolute Gasteiger partial charge is 0.221 e. The lowest BCUT2D eigenvalue weighted by Gasteiger charge is -2.31. The highest BCUT2D eigenvalue weighted by Crippen LogP contribution is 2.19. The Bertz CT molecular complexity index is 837. The van der Waals surface area contributed by atoms with Crippen LogP contribution in [0.25, 0.3) is 0 Å². The summed E-state index contributed by atoms with van der Waals surface area (Å²) in [4.78, 5) is 18.2. The molecule has 0 bridgehead atoms. The number of carbonyl (C=O) groups is 1. The zero-order valence-electron chi connectivity index (χ0n) is 16.8. The third-order valence-electron chi connectivity index (χ3n) is 5.06. The normalized spacial score (nSPS) is 17.4. The number of aryl methyl sites for hydroxylation is 1. The molecule has 5 N–H and O–H groups in total. The number of hydrogen-bond donors (Lipinski definition) is 3. The van der Waals surface area contributed by atoms with Gasteiger partial charge in [0.15, 0.2) is 5.96 Å². The van der Waals surface area contributed by atoms with Crippen LogP contribution in [0.4, 0.5) is 5.69 Å². The van der Waals surface area contributed by atoms with Crippen LogP contribution >= 0.6 is 24.0 Å². The third kappa shape index (κ3) is 7.32. The molecule has 2 aromatic rings. The predicted octanol–water partition coefficient (Wildman–Crippen LogP) is 3.24. The first kappa shape index (κ1) is 23.2. The summed E-state index contributed by atoms with van der Waals surface area (Å²) in [6.07, 6.45) is 1.91. The molecule has 1 fully saturated rings. The van der Waals surface area contributed by atoms with E-state index in [1.165, 1.54) is 11.1 Å². The number of rotatable bonds is 6. The van der Waals surface area contributed by atoms with Crippen LogP contribution in [0.5, 0.6) is 0 Å². The van der Waals surface area contributed by atoms with Crippen LogP contribution in [0, 0.1) is 12.8 Å². The Kier molecular flexibility index (Phi) is 8.91. The molecule has 3 rings (SSSR count). The van der Waals surface area contributed by atoms with Gasteiger partial charge in [-0.3, -0.25) is 9.69 Å². The average molecular weight is 507 g/mol. The molecule has 1 saturated heterocycles. The summed E-state index contributed by atoms with van der Waals surface area (Å²) in [5.41, 5.74) is 15.9. The van der Waals surface area contributed by atoms with E-state index in [2.05, 4.69) is 33.4 Å². The summed E-state index contributed by atoms with van der Waals surface area (Å²) in [6, 6.07) is 16.4. The number of primary amides is 1. The van der Waals surface area contributed by atoms with Crippen LogP contribution in [0.15, 0.2) is 53.5 Å². The molecule has 156 valence electrons. The lowest BCUT2D eigenvalue weighted by molar-refractivity contribution is -0.123. The molecule has 1 amide bonds. The van der Waals surface area contributed by atoms with Gasteiger partial charge in [-0.25, -0.2) is 4.99 Å². The second-order valence-electron chi connectivity index (χ2n) is 7.49. The number of nitrogens with two attached hydrogens (primary N) is 2. The van der Waals surface area contributed by atoms with E-state index in [4.69, 9.17) is 11.5 Å². The van der Waals surface area contributed by atoms with Gasteiger partial charge in [-0.15, -0.1) is 24.0 Å². The second-order valence-corrected chi connectivity index (χ2v) is 7.49. The standard InChI is InChI=1S/C22H29N5O.HI/c1-16-7-9-20(10-8-16)26-22(24)25-13-17-4-2-5-18(12-17)14-27-11-3-6-19(15-27)21(23)28;/h2,4-5,7-10,12,19H,3,6,11,13-15H2,1H3,(H2,23,28)(H3,24,25,26);1H. The molecule has 2 aromatic carbocycles. The highest BCUT2D eigenvalue weighted by Gasteiger charge is 2.23. The van der Waals surface area contributed by atoms with Crippen LogP contribution in [-0.4, -0.2) is 29.9 Å². The Morgan fingerprint density at radius 3 is 2.62 bits per heavy atom. The van der Waals surface area contributed by atoms with Gasteiger partial charge >= 0.3 is 0 Å². The number of aliphatic imine (C=N–C) groups is 1. The fourth-order valence-corrected chi connectivity index (χ4v) is 3.52. The maximum absolute atomic E-state index is 11.5. The molecule has 0 saturated carbocycles. The van der Waals surface area contributed by atoms with Gasteiger partial charge in [0.25, 0.3) is 0 Å². The Morgan fingerprint density at radius 1 is 1.17 bits per heavy atom. The van der Waals surface area contributed by atoms with Crippen molar-refractivity contribution in [1.29, 1.82) is 0 Å². The van der Waals surface area contributed by atoms with E-state index in [9.17, 15) is 4.79 Å². The quantitative estimate of drug-likeness (QED) is 0.318. The van der Waals surface area contributed by atoms with Crippen LogP contribution in [0.3, 0.4) is 0 Å². The van der Waals surface area contributed by atoms with Gasteiger partial charge < -0.3 is 16.8 Å². The van der Waals surface area contributed by atoms with E-state index in [0.717, 1.165) is 43.7 Å². The van der Waals surface area contributed by atoms with E-state index in [1.54, 1.807) is 0 Å². The summed E-state index contributed by atoms with van der Waals surface area (Å²) < 4.78 is 0. The number of carbonyl (C=O) groups excluding carboxylic acids is 1. The topological polar surface area (TPSA) is 96.7 Å². The van der Waals surface area contributed by atoms with Crippen molar-refractivity contribution in [2.24, 2.45) is 22.4 Å². The van der Waals surface area contributed by atoms with Gasteiger partial charge in [0.2, 0.25) is 5.91 Å². The molecule has 1 aliphatic rings. The van der Waals surface area contributed by atoms with E-state index in [0.29, 0.717) is 12.5 Å². The molecule has 1 heterocycles. The zero-order chi connectivity index (χ0) is 19.9. The van der Waals surface area contributed by atoms with Crippen molar-refractivity contribution in [1.82, 2.24) is 4.90 Å². The molecule has 1 aliphatic heterocycles. The number of likely N-dealkylation sites (tertiary alicyclic amines) is 1. The highest BCUT2D eigenvalue weighted by molar-refractivity contribution is 14.0.